The number of carbonyl (C=O) groups is 2. The maximum Gasteiger partial charge on any atom is 0.407 e. The molecule has 2 N–H and O–H groups in total. The Morgan fingerprint density at radius 1 is 1.23 bits per heavy atom. The first-order valence-electron chi connectivity index (χ1n) is 6.89. The maximum absolute atomic E-state index is 13.6. The summed E-state index contributed by atoms with van der Waals surface area (Å²) in [5.74, 6) is -1.07. The topological polar surface area (TPSA) is 67.4 Å². The molecule has 5 nitrogen and oxygen atoms in total. The van der Waals surface area contributed by atoms with Crippen molar-refractivity contribution in [3.63, 3.8) is 0 Å². The molecule has 122 valence electrons. The lowest BCUT2D eigenvalue weighted by Crippen LogP contribution is -2.34. The minimum absolute atomic E-state index is 0.0108. The fraction of sp³-hybridized carbons (Fsp3) is 0.467. The number of amides is 2. The lowest BCUT2D eigenvalue weighted by Gasteiger charge is -2.19. The van der Waals surface area contributed by atoms with Crippen molar-refractivity contribution in [2.45, 2.75) is 32.8 Å². The van der Waals surface area contributed by atoms with E-state index in [-0.39, 0.29) is 5.56 Å². The quantitative estimate of drug-likeness (QED) is 0.777. The first-order chi connectivity index (χ1) is 10.2. The number of alkyl carbamates (subject to hydrolysis) is 1. The molecule has 0 aliphatic rings. The molecule has 0 saturated heterocycles. The van der Waals surface area contributed by atoms with Gasteiger partial charge in [-0.2, -0.15) is 0 Å². The molecule has 1 aromatic rings. The maximum atomic E-state index is 13.6. The van der Waals surface area contributed by atoms with E-state index in [9.17, 15) is 14.0 Å². The van der Waals surface area contributed by atoms with Gasteiger partial charge in [0.25, 0.3) is 5.91 Å². The zero-order valence-corrected chi connectivity index (χ0v) is 14.4. The summed E-state index contributed by atoms with van der Waals surface area (Å²) < 4.78 is 19.2. The van der Waals surface area contributed by atoms with Gasteiger partial charge in [-0.25, -0.2) is 9.18 Å². The summed E-state index contributed by atoms with van der Waals surface area (Å²) >= 11 is 3.13. The number of hydrogen-bond acceptors (Lipinski definition) is 3. The van der Waals surface area contributed by atoms with Crippen LogP contribution in [0.15, 0.2) is 22.7 Å². The lowest BCUT2D eigenvalue weighted by atomic mass is 10.2. The van der Waals surface area contributed by atoms with Crippen LogP contribution in [0, 0.1) is 5.82 Å². The number of halogens is 2. The van der Waals surface area contributed by atoms with Crippen molar-refractivity contribution in [2.75, 3.05) is 13.1 Å². The zero-order valence-electron chi connectivity index (χ0n) is 12.8. The lowest BCUT2D eigenvalue weighted by molar-refractivity contribution is 0.0527. The van der Waals surface area contributed by atoms with E-state index in [0.29, 0.717) is 24.0 Å². The van der Waals surface area contributed by atoms with Crippen LogP contribution in [0.5, 0.6) is 0 Å². The van der Waals surface area contributed by atoms with Crippen molar-refractivity contribution in [3.05, 3.63) is 34.1 Å². The first kappa shape index (κ1) is 18.4. The van der Waals surface area contributed by atoms with Crippen LogP contribution >= 0.6 is 15.9 Å². The molecule has 0 aromatic heterocycles. The summed E-state index contributed by atoms with van der Waals surface area (Å²) in [5, 5.41) is 5.17. The molecule has 0 heterocycles. The van der Waals surface area contributed by atoms with Crippen LogP contribution in [0.1, 0.15) is 37.6 Å². The largest absolute Gasteiger partial charge is 0.444 e. The van der Waals surface area contributed by atoms with Gasteiger partial charge < -0.3 is 15.4 Å². The fourth-order valence-electron chi connectivity index (χ4n) is 1.56. The molecule has 0 radical (unpaired) electrons. The van der Waals surface area contributed by atoms with Gasteiger partial charge in [0, 0.05) is 17.6 Å². The molecule has 1 rings (SSSR count). The second kappa shape index (κ2) is 8.12. The Kier molecular flexibility index (Phi) is 6.80. The summed E-state index contributed by atoms with van der Waals surface area (Å²) in [4.78, 5) is 23.2. The smallest absolute Gasteiger partial charge is 0.407 e. The predicted molar refractivity (Wildman–Crippen MR) is 85.3 cm³/mol. The average molecular weight is 375 g/mol. The van der Waals surface area contributed by atoms with Crippen LogP contribution in [0.2, 0.25) is 0 Å². The highest BCUT2D eigenvalue weighted by molar-refractivity contribution is 9.10. The summed E-state index contributed by atoms with van der Waals surface area (Å²) in [6.07, 6.45) is 0.0149. The molecule has 0 aliphatic heterocycles. The summed E-state index contributed by atoms with van der Waals surface area (Å²) in [5.41, 5.74) is -0.555. The van der Waals surface area contributed by atoms with Gasteiger partial charge in [-0.3, -0.25) is 4.79 Å². The molecule has 0 aliphatic carbocycles. The zero-order chi connectivity index (χ0) is 16.8. The van der Waals surface area contributed by atoms with Crippen LogP contribution in [-0.2, 0) is 4.74 Å². The van der Waals surface area contributed by atoms with E-state index in [1.165, 1.54) is 12.1 Å². The standard InChI is InChI=1S/C15H20BrFN2O3/c1-15(2,3)22-14(21)19-8-4-7-18-13(20)11-6-5-10(16)9-12(11)17/h5-6,9H,4,7-8H2,1-3H3,(H,18,20)(H,19,21). The van der Waals surface area contributed by atoms with Gasteiger partial charge in [0.1, 0.15) is 11.4 Å². The van der Waals surface area contributed by atoms with Crippen molar-refractivity contribution in [2.24, 2.45) is 0 Å². The third-order valence-corrected chi connectivity index (χ3v) is 2.98. The van der Waals surface area contributed by atoms with Crippen molar-refractivity contribution in [1.82, 2.24) is 10.6 Å². The molecule has 0 bridgehead atoms. The van der Waals surface area contributed by atoms with Gasteiger partial charge in [0.05, 0.1) is 5.56 Å². The van der Waals surface area contributed by atoms with Gasteiger partial charge in [-0.15, -0.1) is 0 Å². The van der Waals surface area contributed by atoms with E-state index in [4.69, 9.17) is 4.74 Å². The third-order valence-electron chi connectivity index (χ3n) is 2.48. The number of benzene rings is 1. The Labute approximate surface area is 137 Å². The van der Waals surface area contributed by atoms with Crippen LogP contribution < -0.4 is 10.6 Å². The van der Waals surface area contributed by atoms with E-state index < -0.39 is 23.4 Å². The molecule has 0 saturated carbocycles. The van der Waals surface area contributed by atoms with E-state index in [1.807, 2.05) is 0 Å². The molecule has 0 fully saturated rings. The first-order valence-corrected chi connectivity index (χ1v) is 7.68. The summed E-state index contributed by atoms with van der Waals surface area (Å²) in [6.45, 7) is 6.01. The monoisotopic (exact) mass is 374 g/mol. The van der Waals surface area contributed by atoms with E-state index in [1.54, 1.807) is 26.8 Å². The van der Waals surface area contributed by atoms with Crippen molar-refractivity contribution >= 4 is 27.9 Å². The van der Waals surface area contributed by atoms with Crippen molar-refractivity contribution < 1.29 is 18.7 Å². The van der Waals surface area contributed by atoms with Gasteiger partial charge in [-0.1, -0.05) is 15.9 Å². The predicted octanol–water partition coefficient (Wildman–Crippen LogP) is 3.23. The Morgan fingerprint density at radius 2 is 1.86 bits per heavy atom. The molecule has 1 aromatic carbocycles. The molecular formula is C15H20BrFN2O3. The second-order valence-electron chi connectivity index (χ2n) is 5.66. The number of ether oxygens (including phenoxy) is 1. The summed E-state index contributed by atoms with van der Waals surface area (Å²) in [7, 11) is 0. The normalized spacial score (nSPS) is 11.0. The van der Waals surface area contributed by atoms with Gasteiger partial charge in [-0.05, 0) is 45.4 Å². The number of hydrogen-bond donors (Lipinski definition) is 2. The van der Waals surface area contributed by atoms with Crippen LogP contribution in [0.3, 0.4) is 0 Å². The van der Waals surface area contributed by atoms with E-state index in [0.717, 1.165) is 0 Å². The Bertz CT molecular complexity index is 544. The third kappa shape index (κ3) is 6.89. The highest BCUT2D eigenvalue weighted by atomic mass is 79.9. The van der Waals surface area contributed by atoms with Gasteiger partial charge in [0.2, 0.25) is 0 Å². The minimum Gasteiger partial charge on any atom is -0.444 e. The van der Waals surface area contributed by atoms with Crippen LogP contribution in [0.4, 0.5) is 9.18 Å². The van der Waals surface area contributed by atoms with Crippen molar-refractivity contribution in [3.8, 4) is 0 Å². The molecule has 0 spiro atoms. The van der Waals surface area contributed by atoms with E-state index >= 15 is 0 Å². The van der Waals surface area contributed by atoms with Crippen LogP contribution in [0.25, 0.3) is 0 Å². The second-order valence-corrected chi connectivity index (χ2v) is 6.58. The summed E-state index contributed by atoms with van der Waals surface area (Å²) in [6, 6.07) is 4.24. The fourth-order valence-corrected chi connectivity index (χ4v) is 1.90. The van der Waals surface area contributed by atoms with Crippen molar-refractivity contribution in [1.29, 1.82) is 0 Å². The van der Waals surface area contributed by atoms with Crippen LogP contribution in [-0.4, -0.2) is 30.7 Å². The average Bonchev–Trinajstić information content (AvgIpc) is 2.35. The molecule has 7 heteroatoms. The molecular weight excluding hydrogens is 355 g/mol. The number of nitrogens with one attached hydrogen (secondary N) is 2. The molecule has 2 amide bonds. The molecule has 0 atom stereocenters. The SMILES string of the molecule is CC(C)(C)OC(=O)NCCCNC(=O)c1ccc(Br)cc1F. The highest BCUT2D eigenvalue weighted by Crippen LogP contribution is 2.15. The highest BCUT2D eigenvalue weighted by Gasteiger charge is 2.15. The molecule has 22 heavy (non-hydrogen) atoms. The number of carbonyl (C=O) groups excluding carboxylic acids is 2. The van der Waals surface area contributed by atoms with Gasteiger partial charge >= 0.3 is 6.09 Å². The Morgan fingerprint density at radius 3 is 2.45 bits per heavy atom. The number of rotatable bonds is 5. The Hall–Kier alpha value is -1.63. The Balaban J connectivity index is 2.27. The van der Waals surface area contributed by atoms with E-state index in [2.05, 4.69) is 26.6 Å². The molecule has 0 unspecified atom stereocenters. The minimum atomic E-state index is -0.584. The van der Waals surface area contributed by atoms with Gasteiger partial charge in [0.15, 0.2) is 0 Å².